The lowest BCUT2D eigenvalue weighted by Crippen LogP contribution is -2.28. The minimum absolute atomic E-state index is 0.466. The van der Waals surface area contributed by atoms with E-state index in [1.54, 1.807) is 5.73 Å². The predicted octanol–water partition coefficient (Wildman–Crippen LogP) is 2.34. The van der Waals surface area contributed by atoms with E-state index in [1.165, 1.54) is 0 Å². The van der Waals surface area contributed by atoms with Crippen molar-refractivity contribution in [2.24, 2.45) is 17.2 Å². The first-order chi connectivity index (χ1) is 18.2. The van der Waals surface area contributed by atoms with E-state index >= 15 is 0 Å². The molecule has 0 radical (unpaired) electrons. The van der Waals surface area contributed by atoms with Crippen molar-refractivity contribution in [2.45, 2.75) is 12.0 Å². The standard InChI is InChI=1S/C9H10ClNO2.C8H9ClN2O/c1-13-9(12)8(11)6-3-2-4-7(10)5-6;9-6-3-1-2-5(4-6)7(10)8(11)12/h2-5,8H,11H2,1H3;1-4,7H,10H2,(H2,11,12)/i2D,3D,4D,5D,8D;1D,2D,3D,4D,7D/hD5. The van der Waals surface area contributed by atoms with Gasteiger partial charge in [-0.1, -0.05) is 47.4 Å². The Morgan fingerprint density at radius 2 is 1.68 bits per heavy atom. The molecule has 2 aromatic carbocycles. The second kappa shape index (κ2) is 10.0. The first kappa shape index (κ1) is 7.63. The zero-order chi connectivity index (χ0) is 31.7. The summed E-state index contributed by atoms with van der Waals surface area (Å²) in [4.78, 5) is 23.3. The first-order valence-electron chi connectivity index (χ1n) is 13.4. The van der Waals surface area contributed by atoms with Gasteiger partial charge in [-0.2, -0.15) is 0 Å². The molecular weight excluding hydrogens is 365 g/mol. The molecule has 0 fully saturated rings. The van der Waals surface area contributed by atoms with Gasteiger partial charge in [-0.25, -0.2) is 0 Å². The van der Waals surface area contributed by atoms with Crippen molar-refractivity contribution in [3.63, 3.8) is 0 Å². The Kier molecular flexibility index (Phi) is 3.05. The molecule has 2 rings (SSSR count). The molecule has 0 saturated heterocycles. The molecule has 134 valence electrons. The third-order valence-corrected chi connectivity index (χ3v) is 2.65. The molecule has 6 nitrogen and oxygen atoms in total. The van der Waals surface area contributed by atoms with Gasteiger partial charge in [-0.05, 0) is 35.3 Å². The van der Waals surface area contributed by atoms with Crippen LogP contribution < -0.4 is 17.2 Å². The maximum atomic E-state index is 11.8. The van der Waals surface area contributed by atoms with Crippen LogP contribution in [0.25, 0.3) is 0 Å². The van der Waals surface area contributed by atoms with Crippen molar-refractivity contribution >= 4 is 35.1 Å². The molecule has 0 spiro atoms. The molecule has 2 unspecified atom stereocenters. The van der Waals surface area contributed by atoms with Gasteiger partial charge in [-0.15, -0.1) is 0 Å². The Hall–Kier alpha value is -2.12. The van der Waals surface area contributed by atoms with Crippen molar-refractivity contribution in [2.75, 3.05) is 7.11 Å². The summed E-state index contributed by atoms with van der Waals surface area (Å²) in [5.74, 6) is -2.93. The number of esters is 1. The topological polar surface area (TPSA) is 121 Å². The number of methoxy groups -OCH3 is 1. The summed E-state index contributed by atoms with van der Waals surface area (Å²) in [6.45, 7) is 0. The Labute approximate surface area is 177 Å². The van der Waals surface area contributed by atoms with Crippen LogP contribution >= 0.6 is 23.2 Å². The van der Waals surface area contributed by atoms with Crippen LogP contribution in [-0.2, 0) is 14.3 Å². The fourth-order valence-corrected chi connectivity index (χ4v) is 1.48. The van der Waals surface area contributed by atoms with E-state index in [4.69, 9.17) is 44.0 Å². The van der Waals surface area contributed by atoms with Crippen LogP contribution in [0.4, 0.5) is 0 Å². The first-order valence-corrected chi connectivity index (χ1v) is 6.85. The van der Waals surface area contributed by atoms with Crippen LogP contribution in [0.15, 0.2) is 48.3 Å². The predicted molar refractivity (Wildman–Crippen MR) is 98.0 cm³/mol. The van der Waals surface area contributed by atoms with Gasteiger partial charge in [0.05, 0.1) is 20.8 Å². The van der Waals surface area contributed by atoms with Crippen molar-refractivity contribution in [3.8, 4) is 0 Å². The van der Waals surface area contributed by atoms with E-state index in [1.807, 2.05) is 0 Å². The highest BCUT2D eigenvalue weighted by Gasteiger charge is 2.15. The summed E-state index contributed by atoms with van der Waals surface area (Å²) in [6, 6.07) is -11.4. The van der Waals surface area contributed by atoms with E-state index in [0.717, 1.165) is 7.11 Å². The lowest BCUT2D eigenvalue weighted by Gasteiger charge is -2.08. The van der Waals surface area contributed by atoms with Crippen molar-refractivity contribution < 1.29 is 35.1 Å². The number of ether oxygens (including phenoxy) is 1. The smallest absolute Gasteiger partial charge is 0.327 e. The van der Waals surface area contributed by atoms with E-state index in [2.05, 4.69) is 4.74 Å². The molecule has 0 bridgehead atoms. The fraction of sp³-hybridized carbons (Fsp3) is 0.176. The molecule has 2 atom stereocenters. The quantitative estimate of drug-likeness (QED) is 0.644. The van der Waals surface area contributed by atoms with Crippen LogP contribution in [0, 0.1) is 0 Å². The SMILES string of the molecule is [2H]NC([2H])(C(=O)OC)c1c([2H])c([2H])c([2H])c(Cl)c1[2H].[2H]c1c([2H])c(Cl)c([2H])c(C([2H])(C(=O)N([2H])[2H])N([2H])[2H])c1[2H]. The van der Waals surface area contributed by atoms with Gasteiger partial charge in [0.15, 0.2) is 2.82 Å². The highest BCUT2D eigenvalue weighted by molar-refractivity contribution is 6.30. The number of rotatable bonds is 6. The minimum Gasteiger partial charge on any atom is -0.468 e. The number of benzene rings is 2. The largest absolute Gasteiger partial charge is 0.468 e. The van der Waals surface area contributed by atoms with Gasteiger partial charge in [0.1, 0.15) is 16.3 Å². The highest BCUT2D eigenvalue weighted by Crippen LogP contribution is 2.17. The van der Waals surface area contributed by atoms with Crippen LogP contribution in [0.5, 0.6) is 0 Å². The number of amides is 1. The Balaban J connectivity index is 0.000000402. The molecule has 0 heterocycles. The average molecular weight is 399 g/mol. The highest BCUT2D eigenvalue weighted by atomic mass is 35.5. The zero-order valence-electron chi connectivity index (χ0n) is 27.4. The summed E-state index contributed by atoms with van der Waals surface area (Å²) in [7, 11) is 0.984. The van der Waals surface area contributed by atoms with E-state index in [0.29, 0.717) is 0 Å². The Morgan fingerprint density at radius 1 is 1.12 bits per heavy atom. The summed E-state index contributed by atoms with van der Waals surface area (Å²) in [5.41, 5.74) is -0.958. The lowest BCUT2D eigenvalue weighted by molar-refractivity contribution is -0.142. The average Bonchev–Trinajstić information content (AvgIpc) is 2.91. The number of carbonyl (C=O) groups excluding carboxylic acids is 2. The summed E-state index contributed by atoms with van der Waals surface area (Å²) in [5, 5.41) is -1.09. The van der Waals surface area contributed by atoms with Gasteiger partial charge in [0, 0.05) is 10.0 Å². The monoisotopic (exact) mass is 398 g/mol. The van der Waals surface area contributed by atoms with Crippen LogP contribution in [0.1, 0.15) is 36.9 Å². The Morgan fingerprint density at radius 3 is 2.12 bits per heavy atom. The van der Waals surface area contributed by atoms with Gasteiger partial charge < -0.3 is 21.9 Å². The number of hydrogen-bond acceptors (Lipinski definition) is 5. The van der Waals surface area contributed by atoms with Gasteiger partial charge in [-0.3, -0.25) is 9.59 Å². The fourth-order valence-electron chi connectivity index (χ4n) is 1.20. The lowest BCUT2D eigenvalue weighted by atomic mass is 10.1. The second-order valence-electron chi connectivity index (χ2n) is 3.90. The van der Waals surface area contributed by atoms with E-state index in [9.17, 15) is 9.59 Å². The van der Waals surface area contributed by atoms with Crippen molar-refractivity contribution in [1.82, 2.24) is 0 Å². The summed E-state index contributed by atoms with van der Waals surface area (Å²) in [6.07, 6.45) is 0. The number of nitrogens with two attached hydrogens (primary N) is 3. The van der Waals surface area contributed by atoms with Crippen LogP contribution in [0.3, 0.4) is 0 Å². The van der Waals surface area contributed by atoms with Crippen LogP contribution in [0.2, 0.25) is 17.1 Å². The Bertz CT molecular complexity index is 1280. The number of halogens is 2. The molecule has 0 aromatic heterocycles. The summed E-state index contributed by atoms with van der Waals surface area (Å²) < 4.78 is 116. The zero-order valence-corrected chi connectivity index (χ0v) is 13.9. The number of hydrogen-bond donors (Lipinski definition) is 3. The van der Waals surface area contributed by atoms with Gasteiger partial charge in [0.25, 0.3) is 0 Å². The van der Waals surface area contributed by atoms with Gasteiger partial charge in [0.2, 0.25) is 5.91 Å². The number of carbonyl (C=O) groups is 2. The van der Waals surface area contributed by atoms with E-state index in [-0.39, 0.29) is 0 Å². The molecule has 0 saturated carbocycles. The molecule has 2 aromatic rings. The maximum absolute atomic E-state index is 11.8. The third kappa shape index (κ3) is 6.72. The molecule has 8 heteroatoms. The van der Waals surface area contributed by atoms with Crippen molar-refractivity contribution in [3.05, 3.63) is 69.5 Å². The molecule has 25 heavy (non-hydrogen) atoms. The molecule has 0 aliphatic rings. The molecule has 0 aliphatic carbocycles. The van der Waals surface area contributed by atoms with Crippen molar-refractivity contribution in [1.29, 1.82) is 0 Å². The minimum atomic E-state index is -3.11. The van der Waals surface area contributed by atoms with Gasteiger partial charge >= 0.3 is 5.97 Å². The molecule has 0 aliphatic heterocycles. The summed E-state index contributed by atoms with van der Waals surface area (Å²) >= 11 is 11.3. The van der Waals surface area contributed by atoms with Crippen LogP contribution in [-0.4, -0.2) is 19.0 Å². The normalized spacial score (nSPS) is 23.3. The molecule has 1 amide bonds. The third-order valence-electron chi connectivity index (χ3n) is 2.27. The maximum Gasteiger partial charge on any atom is 0.327 e. The molecule has 6 N–H and O–H groups in total. The second-order valence-corrected chi connectivity index (χ2v) is 4.65. The van der Waals surface area contributed by atoms with E-state index < -0.39 is 105 Å². The number of primary amides is 1. The molecular formula is C17H19Cl2N3O3.